The molecule has 86 valence electrons. The molecule has 3 nitrogen and oxygen atoms in total. The van der Waals surface area contributed by atoms with E-state index in [9.17, 15) is 0 Å². The SMILES string of the molecule is CCC[C@@H](N)c1cc2ccc(OC)cc2o1. The molecular weight excluding hydrogens is 202 g/mol. The molecule has 16 heavy (non-hydrogen) atoms. The topological polar surface area (TPSA) is 48.4 Å². The third kappa shape index (κ3) is 2.04. The van der Waals surface area contributed by atoms with Crippen LogP contribution in [0.5, 0.6) is 5.75 Å². The van der Waals surface area contributed by atoms with Gasteiger partial charge in [0.2, 0.25) is 0 Å². The number of hydrogen-bond donors (Lipinski definition) is 1. The molecule has 0 aliphatic heterocycles. The fourth-order valence-corrected chi connectivity index (χ4v) is 1.79. The van der Waals surface area contributed by atoms with Crippen LogP contribution in [-0.4, -0.2) is 7.11 Å². The Morgan fingerprint density at radius 1 is 1.38 bits per heavy atom. The van der Waals surface area contributed by atoms with Gasteiger partial charge >= 0.3 is 0 Å². The highest BCUT2D eigenvalue weighted by molar-refractivity contribution is 5.79. The van der Waals surface area contributed by atoms with E-state index in [-0.39, 0.29) is 6.04 Å². The summed E-state index contributed by atoms with van der Waals surface area (Å²) < 4.78 is 10.9. The van der Waals surface area contributed by atoms with Crippen molar-refractivity contribution in [2.24, 2.45) is 5.73 Å². The maximum atomic E-state index is 6.01. The second kappa shape index (κ2) is 4.58. The monoisotopic (exact) mass is 219 g/mol. The minimum Gasteiger partial charge on any atom is -0.497 e. The van der Waals surface area contributed by atoms with Crippen LogP contribution in [0.3, 0.4) is 0 Å². The van der Waals surface area contributed by atoms with Crippen LogP contribution < -0.4 is 10.5 Å². The highest BCUT2D eigenvalue weighted by Gasteiger charge is 2.11. The maximum Gasteiger partial charge on any atom is 0.138 e. The van der Waals surface area contributed by atoms with Gasteiger partial charge in [-0.25, -0.2) is 0 Å². The van der Waals surface area contributed by atoms with E-state index in [4.69, 9.17) is 14.9 Å². The molecule has 0 radical (unpaired) electrons. The first-order chi connectivity index (χ1) is 7.74. The van der Waals surface area contributed by atoms with E-state index in [1.165, 1.54) is 0 Å². The summed E-state index contributed by atoms with van der Waals surface area (Å²) >= 11 is 0. The Bertz CT molecular complexity index is 476. The van der Waals surface area contributed by atoms with Crippen LogP contribution in [0.15, 0.2) is 28.7 Å². The Balaban J connectivity index is 2.35. The highest BCUT2D eigenvalue weighted by atomic mass is 16.5. The number of fused-ring (bicyclic) bond motifs is 1. The number of nitrogens with two attached hydrogens (primary N) is 1. The van der Waals surface area contributed by atoms with Crippen LogP contribution in [0, 0.1) is 0 Å². The van der Waals surface area contributed by atoms with E-state index < -0.39 is 0 Å². The van der Waals surface area contributed by atoms with Gasteiger partial charge in [0, 0.05) is 11.5 Å². The predicted molar refractivity (Wildman–Crippen MR) is 64.6 cm³/mol. The third-order valence-electron chi connectivity index (χ3n) is 2.71. The molecule has 0 aliphatic carbocycles. The van der Waals surface area contributed by atoms with Crippen molar-refractivity contribution in [3.63, 3.8) is 0 Å². The van der Waals surface area contributed by atoms with E-state index in [2.05, 4.69) is 6.92 Å². The quantitative estimate of drug-likeness (QED) is 0.858. The van der Waals surface area contributed by atoms with E-state index in [0.29, 0.717) is 0 Å². The fraction of sp³-hybridized carbons (Fsp3) is 0.385. The lowest BCUT2D eigenvalue weighted by Gasteiger charge is -2.04. The van der Waals surface area contributed by atoms with Gasteiger partial charge < -0.3 is 14.9 Å². The molecule has 0 aliphatic rings. The minimum atomic E-state index is -0.0107. The number of benzene rings is 1. The molecule has 0 spiro atoms. The van der Waals surface area contributed by atoms with Gasteiger partial charge in [0.25, 0.3) is 0 Å². The van der Waals surface area contributed by atoms with Gasteiger partial charge in [0.1, 0.15) is 17.1 Å². The Kier molecular flexibility index (Phi) is 3.15. The van der Waals surface area contributed by atoms with Crippen molar-refractivity contribution in [1.29, 1.82) is 0 Å². The molecule has 0 fully saturated rings. The molecule has 2 rings (SSSR count). The average Bonchev–Trinajstić information content (AvgIpc) is 2.71. The van der Waals surface area contributed by atoms with Gasteiger partial charge in [-0.15, -0.1) is 0 Å². The van der Waals surface area contributed by atoms with Crippen LogP contribution >= 0.6 is 0 Å². The molecular formula is C13H17NO2. The second-order valence-electron chi connectivity index (χ2n) is 3.95. The first-order valence-electron chi connectivity index (χ1n) is 5.57. The normalized spacial score (nSPS) is 12.9. The van der Waals surface area contributed by atoms with Crippen molar-refractivity contribution in [2.45, 2.75) is 25.8 Å². The zero-order valence-electron chi connectivity index (χ0n) is 9.69. The molecule has 0 bridgehead atoms. The van der Waals surface area contributed by atoms with E-state index in [1.54, 1.807) is 7.11 Å². The zero-order chi connectivity index (χ0) is 11.5. The number of furan rings is 1. The summed E-state index contributed by atoms with van der Waals surface area (Å²) in [4.78, 5) is 0. The molecule has 1 atom stereocenters. The summed E-state index contributed by atoms with van der Waals surface area (Å²) in [5.74, 6) is 1.66. The highest BCUT2D eigenvalue weighted by Crippen LogP contribution is 2.27. The lowest BCUT2D eigenvalue weighted by Crippen LogP contribution is -2.08. The fourth-order valence-electron chi connectivity index (χ4n) is 1.79. The smallest absolute Gasteiger partial charge is 0.138 e. The molecule has 1 heterocycles. The van der Waals surface area contributed by atoms with Crippen LogP contribution in [-0.2, 0) is 0 Å². The lowest BCUT2D eigenvalue weighted by molar-refractivity contribution is 0.413. The largest absolute Gasteiger partial charge is 0.497 e. The first kappa shape index (κ1) is 11.0. The lowest BCUT2D eigenvalue weighted by atomic mass is 10.1. The number of methoxy groups -OCH3 is 1. The summed E-state index contributed by atoms with van der Waals surface area (Å²) in [6, 6.07) is 7.79. The molecule has 3 heteroatoms. The Labute approximate surface area is 95.2 Å². The van der Waals surface area contributed by atoms with Crippen molar-refractivity contribution < 1.29 is 9.15 Å². The molecule has 0 saturated carbocycles. The Hall–Kier alpha value is -1.48. The van der Waals surface area contributed by atoms with Crippen molar-refractivity contribution in [2.75, 3.05) is 7.11 Å². The van der Waals surface area contributed by atoms with Gasteiger partial charge in [0.05, 0.1) is 13.2 Å². The summed E-state index contributed by atoms with van der Waals surface area (Å²) in [6.07, 6.45) is 2.00. The average molecular weight is 219 g/mol. The molecule has 1 aromatic heterocycles. The summed E-state index contributed by atoms with van der Waals surface area (Å²) in [5.41, 5.74) is 6.85. The Morgan fingerprint density at radius 3 is 2.88 bits per heavy atom. The molecule has 1 aromatic carbocycles. The molecule has 2 N–H and O–H groups in total. The van der Waals surface area contributed by atoms with Crippen molar-refractivity contribution in [3.05, 3.63) is 30.0 Å². The van der Waals surface area contributed by atoms with Crippen molar-refractivity contribution in [1.82, 2.24) is 0 Å². The van der Waals surface area contributed by atoms with Crippen molar-refractivity contribution >= 4 is 11.0 Å². The van der Waals surface area contributed by atoms with Crippen LogP contribution in [0.1, 0.15) is 31.6 Å². The number of ether oxygens (including phenoxy) is 1. The summed E-state index contributed by atoms with van der Waals surface area (Å²) in [6.45, 7) is 2.12. The summed E-state index contributed by atoms with van der Waals surface area (Å²) in [7, 11) is 1.65. The van der Waals surface area contributed by atoms with Gasteiger partial charge in [-0.3, -0.25) is 0 Å². The third-order valence-corrected chi connectivity index (χ3v) is 2.71. The maximum absolute atomic E-state index is 6.01. The van der Waals surface area contributed by atoms with Gasteiger partial charge in [-0.2, -0.15) is 0 Å². The van der Waals surface area contributed by atoms with Crippen molar-refractivity contribution in [3.8, 4) is 5.75 Å². The first-order valence-corrected chi connectivity index (χ1v) is 5.57. The van der Waals surface area contributed by atoms with Gasteiger partial charge in [-0.1, -0.05) is 13.3 Å². The van der Waals surface area contributed by atoms with E-state index >= 15 is 0 Å². The van der Waals surface area contributed by atoms with Gasteiger partial charge in [-0.05, 0) is 24.6 Å². The summed E-state index contributed by atoms with van der Waals surface area (Å²) in [5, 5.41) is 1.07. The second-order valence-corrected chi connectivity index (χ2v) is 3.95. The molecule has 2 aromatic rings. The van der Waals surface area contributed by atoms with Gasteiger partial charge in [0.15, 0.2) is 0 Å². The van der Waals surface area contributed by atoms with E-state index in [1.807, 2.05) is 24.3 Å². The number of hydrogen-bond acceptors (Lipinski definition) is 3. The standard InChI is InChI=1S/C13H17NO2/c1-3-4-11(14)13-7-9-5-6-10(15-2)8-12(9)16-13/h5-8,11H,3-4,14H2,1-2H3/t11-/m1/s1. The Morgan fingerprint density at radius 2 is 2.19 bits per heavy atom. The van der Waals surface area contributed by atoms with Crippen LogP contribution in [0.25, 0.3) is 11.0 Å². The van der Waals surface area contributed by atoms with Crippen LogP contribution in [0.2, 0.25) is 0 Å². The van der Waals surface area contributed by atoms with Crippen LogP contribution in [0.4, 0.5) is 0 Å². The molecule has 0 saturated heterocycles. The molecule has 0 amide bonds. The number of rotatable bonds is 4. The predicted octanol–water partition coefficient (Wildman–Crippen LogP) is 3.24. The van der Waals surface area contributed by atoms with E-state index in [0.717, 1.165) is 35.3 Å². The minimum absolute atomic E-state index is 0.0107. The zero-order valence-corrected chi connectivity index (χ0v) is 9.69. The molecule has 0 unspecified atom stereocenters.